The minimum absolute atomic E-state index is 0.193. The number of hydrogen-bond acceptors (Lipinski definition) is 5. The van der Waals surface area contributed by atoms with Gasteiger partial charge in [-0.1, -0.05) is 50.6 Å². The highest BCUT2D eigenvalue weighted by Crippen LogP contribution is 2.32. The van der Waals surface area contributed by atoms with Crippen LogP contribution in [0.3, 0.4) is 0 Å². The van der Waals surface area contributed by atoms with Crippen LogP contribution >= 0.6 is 0 Å². The Kier molecular flexibility index (Phi) is 7.67. The van der Waals surface area contributed by atoms with Crippen LogP contribution in [0.1, 0.15) is 56.1 Å². The maximum Gasteiger partial charge on any atom is 0.223 e. The van der Waals surface area contributed by atoms with Crippen LogP contribution in [0.2, 0.25) is 0 Å². The number of anilines is 1. The molecule has 1 saturated heterocycles. The highest BCUT2D eigenvalue weighted by molar-refractivity contribution is 5.91. The van der Waals surface area contributed by atoms with Gasteiger partial charge in [0.15, 0.2) is 5.65 Å². The topological polar surface area (TPSA) is 67.2 Å². The standard InChI is InChI=1S/C30H35FN6O/c1-4-8-21(2)28-32-29(27-22(3)34-37(30(27)33-28)25-14-12-24(31)13-15-25)36-19-17-35(18-20-36)26(38)16-11-23-9-6-5-7-10-23/h5-7,9-10,12-15,21H,4,8,11,16-20H2,1-3H3/t21-/m0/s1. The third kappa shape index (κ3) is 5.39. The molecule has 1 aliphatic rings. The normalized spacial score (nSPS) is 14.7. The zero-order valence-corrected chi connectivity index (χ0v) is 22.4. The van der Waals surface area contributed by atoms with E-state index in [1.807, 2.05) is 30.0 Å². The molecule has 0 unspecified atom stereocenters. The van der Waals surface area contributed by atoms with E-state index < -0.39 is 0 Å². The molecule has 2 aromatic heterocycles. The van der Waals surface area contributed by atoms with Crippen LogP contribution in [-0.2, 0) is 11.2 Å². The van der Waals surface area contributed by atoms with Crippen molar-refractivity contribution in [1.29, 1.82) is 0 Å². The van der Waals surface area contributed by atoms with Crippen molar-refractivity contribution in [1.82, 2.24) is 24.6 Å². The maximum atomic E-state index is 13.6. The summed E-state index contributed by atoms with van der Waals surface area (Å²) in [4.78, 5) is 27.2. The van der Waals surface area contributed by atoms with Crippen molar-refractivity contribution in [2.24, 2.45) is 0 Å². The third-order valence-electron chi connectivity index (χ3n) is 7.34. The van der Waals surface area contributed by atoms with Crippen LogP contribution in [0.5, 0.6) is 0 Å². The number of aryl methyl sites for hydroxylation is 2. The first kappa shape index (κ1) is 25.8. The van der Waals surface area contributed by atoms with E-state index in [2.05, 4.69) is 30.9 Å². The second-order valence-electron chi connectivity index (χ2n) is 10.1. The average Bonchev–Trinajstić information content (AvgIpc) is 3.28. The van der Waals surface area contributed by atoms with Gasteiger partial charge in [0, 0.05) is 38.5 Å². The zero-order valence-electron chi connectivity index (χ0n) is 22.4. The molecule has 38 heavy (non-hydrogen) atoms. The predicted octanol–water partition coefficient (Wildman–Crippen LogP) is 5.45. The first-order chi connectivity index (χ1) is 18.4. The van der Waals surface area contributed by atoms with Crippen LogP contribution in [0.4, 0.5) is 10.2 Å². The zero-order chi connectivity index (χ0) is 26.6. The fourth-order valence-electron chi connectivity index (χ4n) is 5.17. The van der Waals surface area contributed by atoms with Crippen molar-refractivity contribution in [3.8, 4) is 5.69 Å². The van der Waals surface area contributed by atoms with Gasteiger partial charge in [0.1, 0.15) is 17.5 Å². The van der Waals surface area contributed by atoms with E-state index >= 15 is 0 Å². The minimum Gasteiger partial charge on any atom is -0.352 e. The molecule has 0 N–H and O–H groups in total. The summed E-state index contributed by atoms with van der Waals surface area (Å²) in [5.74, 6) is 1.76. The lowest BCUT2D eigenvalue weighted by atomic mass is 10.1. The molecule has 0 aliphatic carbocycles. The first-order valence-corrected chi connectivity index (χ1v) is 13.5. The molecule has 1 aliphatic heterocycles. The quantitative estimate of drug-likeness (QED) is 0.313. The largest absolute Gasteiger partial charge is 0.352 e. The maximum absolute atomic E-state index is 13.6. The molecule has 5 rings (SSSR count). The fourth-order valence-corrected chi connectivity index (χ4v) is 5.17. The summed E-state index contributed by atoms with van der Waals surface area (Å²) in [6, 6.07) is 16.5. The minimum atomic E-state index is -0.286. The molecule has 0 spiro atoms. The predicted molar refractivity (Wildman–Crippen MR) is 148 cm³/mol. The van der Waals surface area contributed by atoms with Crippen LogP contribution in [0.25, 0.3) is 16.7 Å². The number of carbonyl (C=O) groups is 1. The van der Waals surface area contributed by atoms with Crippen molar-refractivity contribution in [3.05, 3.63) is 77.5 Å². The van der Waals surface area contributed by atoms with E-state index in [1.165, 1.54) is 17.7 Å². The SMILES string of the molecule is CCC[C@H](C)c1nc(N2CCN(C(=O)CCc3ccccc3)CC2)c2c(C)nn(-c3ccc(F)cc3)c2n1. The molecular formula is C30H35FN6O. The van der Waals surface area contributed by atoms with Crippen molar-refractivity contribution in [2.75, 3.05) is 31.1 Å². The second-order valence-corrected chi connectivity index (χ2v) is 10.1. The van der Waals surface area contributed by atoms with E-state index in [-0.39, 0.29) is 17.6 Å². The molecule has 7 nitrogen and oxygen atoms in total. The molecular weight excluding hydrogens is 479 g/mol. The lowest BCUT2D eigenvalue weighted by Crippen LogP contribution is -2.49. The molecule has 0 saturated carbocycles. The van der Waals surface area contributed by atoms with Gasteiger partial charge in [-0.2, -0.15) is 5.10 Å². The molecule has 1 amide bonds. The Morgan fingerprint density at radius 1 is 1.00 bits per heavy atom. The monoisotopic (exact) mass is 514 g/mol. The number of halogens is 1. The highest BCUT2D eigenvalue weighted by Gasteiger charge is 2.27. The van der Waals surface area contributed by atoms with Gasteiger partial charge in [-0.25, -0.2) is 19.0 Å². The molecule has 2 aromatic carbocycles. The lowest BCUT2D eigenvalue weighted by Gasteiger charge is -2.36. The van der Waals surface area contributed by atoms with Crippen molar-refractivity contribution >= 4 is 22.8 Å². The summed E-state index contributed by atoms with van der Waals surface area (Å²) in [7, 11) is 0. The number of amides is 1. The second kappa shape index (κ2) is 11.3. The van der Waals surface area contributed by atoms with Crippen LogP contribution < -0.4 is 4.90 Å². The highest BCUT2D eigenvalue weighted by atomic mass is 19.1. The summed E-state index contributed by atoms with van der Waals surface area (Å²) in [5.41, 5.74) is 3.51. The summed E-state index contributed by atoms with van der Waals surface area (Å²) in [5, 5.41) is 5.70. The Balaban J connectivity index is 1.41. The Morgan fingerprint density at radius 3 is 2.39 bits per heavy atom. The Bertz CT molecular complexity index is 1390. The third-order valence-corrected chi connectivity index (χ3v) is 7.34. The van der Waals surface area contributed by atoms with E-state index in [1.54, 1.807) is 16.8 Å². The van der Waals surface area contributed by atoms with Gasteiger partial charge in [0.2, 0.25) is 5.91 Å². The van der Waals surface area contributed by atoms with E-state index in [0.717, 1.165) is 53.3 Å². The lowest BCUT2D eigenvalue weighted by molar-refractivity contribution is -0.131. The van der Waals surface area contributed by atoms with Gasteiger partial charge in [-0.15, -0.1) is 0 Å². The average molecular weight is 515 g/mol. The number of fused-ring (bicyclic) bond motifs is 1. The fraction of sp³-hybridized carbons (Fsp3) is 0.400. The Morgan fingerprint density at radius 2 is 1.71 bits per heavy atom. The van der Waals surface area contributed by atoms with Crippen molar-refractivity contribution in [3.63, 3.8) is 0 Å². The molecule has 0 bridgehead atoms. The molecule has 1 atom stereocenters. The number of rotatable bonds is 8. The van der Waals surface area contributed by atoms with E-state index in [9.17, 15) is 9.18 Å². The molecule has 3 heterocycles. The number of piperazine rings is 1. The van der Waals surface area contributed by atoms with Gasteiger partial charge in [0.05, 0.1) is 16.8 Å². The molecule has 4 aromatic rings. The molecule has 1 fully saturated rings. The number of nitrogens with zero attached hydrogens (tertiary/aromatic N) is 6. The Hall–Kier alpha value is -3.81. The van der Waals surface area contributed by atoms with E-state index in [0.29, 0.717) is 32.6 Å². The van der Waals surface area contributed by atoms with Crippen molar-refractivity contribution in [2.45, 2.75) is 52.4 Å². The van der Waals surface area contributed by atoms with Gasteiger partial charge < -0.3 is 9.80 Å². The number of hydrogen-bond donors (Lipinski definition) is 0. The van der Waals surface area contributed by atoms with Gasteiger partial charge >= 0.3 is 0 Å². The van der Waals surface area contributed by atoms with Crippen LogP contribution in [-0.4, -0.2) is 56.7 Å². The van der Waals surface area contributed by atoms with Crippen molar-refractivity contribution < 1.29 is 9.18 Å². The summed E-state index contributed by atoms with van der Waals surface area (Å²) in [6.07, 6.45) is 3.30. The summed E-state index contributed by atoms with van der Waals surface area (Å²) >= 11 is 0. The first-order valence-electron chi connectivity index (χ1n) is 13.5. The molecule has 8 heteroatoms. The number of carbonyl (C=O) groups excluding carboxylic acids is 1. The van der Waals surface area contributed by atoms with E-state index in [4.69, 9.17) is 15.1 Å². The number of benzene rings is 2. The van der Waals surface area contributed by atoms with Crippen LogP contribution in [0, 0.1) is 12.7 Å². The van der Waals surface area contributed by atoms with Gasteiger partial charge in [-0.3, -0.25) is 4.79 Å². The smallest absolute Gasteiger partial charge is 0.223 e. The summed E-state index contributed by atoms with van der Waals surface area (Å²) in [6.45, 7) is 9.00. The Labute approximate surface area is 223 Å². The van der Waals surface area contributed by atoms with Gasteiger partial charge in [-0.05, 0) is 49.6 Å². The summed E-state index contributed by atoms with van der Waals surface area (Å²) < 4.78 is 15.4. The molecule has 0 radical (unpaired) electrons. The van der Waals surface area contributed by atoms with Crippen LogP contribution in [0.15, 0.2) is 54.6 Å². The van der Waals surface area contributed by atoms with Gasteiger partial charge in [0.25, 0.3) is 0 Å². The number of aromatic nitrogens is 4. The molecule has 198 valence electrons.